The van der Waals surface area contributed by atoms with Crippen molar-refractivity contribution in [2.75, 3.05) is 0 Å². The molecule has 1 aromatic rings. The van der Waals surface area contributed by atoms with Crippen molar-refractivity contribution in [1.29, 1.82) is 0 Å². The predicted molar refractivity (Wildman–Crippen MR) is 86.9 cm³/mol. The second kappa shape index (κ2) is 7.44. The fourth-order valence-electron chi connectivity index (χ4n) is 3.36. The van der Waals surface area contributed by atoms with Crippen molar-refractivity contribution in [2.24, 2.45) is 11.8 Å². The fraction of sp³-hybridized carbons (Fsp3) is 0.765. The topological polar surface area (TPSA) is 34.9 Å². The van der Waals surface area contributed by atoms with Gasteiger partial charge in [-0.1, -0.05) is 37.8 Å². The fourth-order valence-corrected chi connectivity index (χ4v) is 3.59. The summed E-state index contributed by atoms with van der Waals surface area (Å²) >= 11 is 6.20. The van der Waals surface area contributed by atoms with Crippen molar-refractivity contribution in [2.45, 2.75) is 71.8 Å². The van der Waals surface area contributed by atoms with Gasteiger partial charge in [-0.15, -0.1) is 0 Å². The monoisotopic (exact) mass is 310 g/mol. The normalized spacial score (nSPS) is 22.7. The van der Waals surface area contributed by atoms with Crippen molar-refractivity contribution in [1.82, 2.24) is 9.78 Å². The van der Waals surface area contributed by atoms with Crippen LogP contribution in [0.1, 0.15) is 82.2 Å². The summed E-state index contributed by atoms with van der Waals surface area (Å²) in [5.41, 5.74) is 0.615. The molecule has 21 heavy (non-hydrogen) atoms. The van der Waals surface area contributed by atoms with Crippen LogP contribution in [0.3, 0.4) is 0 Å². The molecule has 0 spiro atoms. The Morgan fingerprint density at radius 2 is 2.05 bits per heavy atom. The van der Waals surface area contributed by atoms with Crippen LogP contribution in [0.5, 0.6) is 0 Å². The SMILES string of the molecule is CCCCC1CCC(C(=O)c2c(Cl)cnn2C(C)C)CC1. The van der Waals surface area contributed by atoms with E-state index in [9.17, 15) is 4.79 Å². The average Bonchev–Trinajstić information content (AvgIpc) is 2.87. The second-order valence-electron chi connectivity index (χ2n) is 6.60. The molecule has 0 saturated heterocycles. The molecule has 0 amide bonds. The maximum atomic E-state index is 12.8. The van der Waals surface area contributed by atoms with Gasteiger partial charge in [-0.25, -0.2) is 0 Å². The van der Waals surface area contributed by atoms with Gasteiger partial charge < -0.3 is 0 Å². The maximum absolute atomic E-state index is 12.8. The number of nitrogens with zero attached hydrogens (tertiary/aromatic N) is 2. The number of hydrogen-bond donors (Lipinski definition) is 0. The highest BCUT2D eigenvalue weighted by molar-refractivity contribution is 6.33. The van der Waals surface area contributed by atoms with E-state index in [2.05, 4.69) is 12.0 Å². The van der Waals surface area contributed by atoms with E-state index in [0.717, 1.165) is 18.8 Å². The summed E-state index contributed by atoms with van der Waals surface area (Å²) in [7, 11) is 0. The van der Waals surface area contributed by atoms with E-state index in [-0.39, 0.29) is 17.7 Å². The lowest BCUT2D eigenvalue weighted by molar-refractivity contribution is 0.0856. The summed E-state index contributed by atoms with van der Waals surface area (Å²) in [4.78, 5) is 12.8. The van der Waals surface area contributed by atoms with E-state index in [4.69, 9.17) is 11.6 Å². The highest BCUT2D eigenvalue weighted by Crippen LogP contribution is 2.35. The molecule has 1 fully saturated rings. The van der Waals surface area contributed by atoms with Crippen molar-refractivity contribution in [3.05, 3.63) is 16.9 Å². The maximum Gasteiger partial charge on any atom is 0.185 e. The number of Topliss-reactive ketones (excluding diaryl/α,β-unsaturated/α-hetero) is 1. The number of carbonyl (C=O) groups is 1. The van der Waals surface area contributed by atoms with Gasteiger partial charge in [0, 0.05) is 12.0 Å². The Bertz CT molecular complexity index is 473. The molecule has 0 radical (unpaired) electrons. The van der Waals surface area contributed by atoms with Gasteiger partial charge in [-0.2, -0.15) is 5.10 Å². The Kier molecular flexibility index (Phi) is 5.86. The molecule has 1 aromatic heterocycles. The molecule has 118 valence electrons. The highest BCUT2D eigenvalue weighted by atomic mass is 35.5. The molecule has 0 bridgehead atoms. The van der Waals surface area contributed by atoms with E-state index < -0.39 is 0 Å². The molecule has 0 unspecified atom stereocenters. The first-order chi connectivity index (χ1) is 10.0. The lowest BCUT2D eigenvalue weighted by Gasteiger charge is -2.28. The van der Waals surface area contributed by atoms with Crippen molar-refractivity contribution in [3.8, 4) is 0 Å². The minimum Gasteiger partial charge on any atom is -0.292 e. The third-order valence-electron chi connectivity index (χ3n) is 4.66. The summed E-state index contributed by atoms with van der Waals surface area (Å²) in [6, 6.07) is 0.164. The average molecular weight is 311 g/mol. The molecule has 1 aliphatic carbocycles. The predicted octanol–water partition coefficient (Wildman–Crippen LogP) is 5.30. The van der Waals surface area contributed by atoms with Crippen LogP contribution in [0.4, 0.5) is 0 Å². The quantitative estimate of drug-likeness (QED) is 0.668. The lowest BCUT2D eigenvalue weighted by atomic mass is 9.77. The summed E-state index contributed by atoms with van der Waals surface area (Å²) < 4.78 is 1.77. The van der Waals surface area contributed by atoms with Crippen LogP contribution >= 0.6 is 11.6 Å². The summed E-state index contributed by atoms with van der Waals surface area (Å²) in [6.45, 7) is 6.30. The van der Waals surface area contributed by atoms with E-state index >= 15 is 0 Å². The number of hydrogen-bond acceptors (Lipinski definition) is 2. The van der Waals surface area contributed by atoms with Gasteiger partial charge >= 0.3 is 0 Å². The first-order valence-corrected chi connectivity index (χ1v) is 8.69. The lowest BCUT2D eigenvalue weighted by Crippen LogP contribution is -2.25. The van der Waals surface area contributed by atoms with Crippen LogP contribution in [0.25, 0.3) is 0 Å². The van der Waals surface area contributed by atoms with Gasteiger partial charge in [-0.05, 0) is 45.4 Å². The number of carbonyl (C=O) groups excluding carboxylic acids is 1. The standard InChI is InChI=1S/C17H27ClN2O/c1-4-5-6-13-7-9-14(10-8-13)17(21)16-15(18)11-19-20(16)12(2)3/h11-14H,4-10H2,1-3H3. The molecule has 1 aliphatic rings. The highest BCUT2D eigenvalue weighted by Gasteiger charge is 2.30. The first-order valence-electron chi connectivity index (χ1n) is 8.31. The molecule has 0 N–H and O–H groups in total. The molecule has 1 heterocycles. The minimum atomic E-state index is 0.134. The molecule has 4 heteroatoms. The smallest absolute Gasteiger partial charge is 0.185 e. The van der Waals surface area contributed by atoms with E-state index in [1.54, 1.807) is 10.9 Å². The van der Waals surface area contributed by atoms with Gasteiger partial charge in [0.2, 0.25) is 0 Å². The van der Waals surface area contributed by atoms with Crippen molar-refractivity contribution >= 4 is 17.4 Å². The van der Waals surface area contributed by atoms with Crippen LogP contribution in [0, 0.1) is 11.8 Å². The number of rotatable bonds is 6. The number of aromatic nitrogens is 2. The Balaban J connectivity index is 2.01. The van der Waals surface area contributed by atoms with Crippen LogP contribution in [0.2, 0.25) is 5.02 Å². The molecule has 2 rings (SSSR count). The van der Waals surface area contributed by atoms with Gasteiger partial charge in [-0.3, -0.25) is 9.48 Å². The molecule has 3 nitrogen and oxygen atoms in total. The number of halogens is 1. The first kappa shape index (κ1) is 16.5. The number of ketones is 1. The summed E-state index contributed by atoms with van der Waals surface area (Å²) in [5, 5.41) is 4.75. The van der Waals surface area contributed by atoms with Gasteiger partial charge in [0.15, 0.2) is 5.78 Å². The summed E-state index contributed by atoms with van der Waals surface area (Å²) in [6.07, 6.45) is 9.88. The molecule has 0 aliphatic heterocycles. The molecule has 0 aromatic carbocycles. The third-order valence-corrected chi connectivity index (χ3v) is 4.93. The Morgan fingerprint density at radius 1 is 1.38 bits per heavy atom. The van der Waals surface area contributed by atoms with Crippen LogP contribution in [-0.4, -0.2) is 15.6 Å². The largest absolute Gasteiger partial charge is 0.292 e. The second-order valence-corrected chi connectivity index (χ2v) is 7.01. The van der Waals surface area contributed by atoms with Crippen molar-refractivity contribution < 1.29 is 4.79 Å². The van der Waals surface area contributed by atoms with Crippen LogP contribution in [0.15, 0.2) is 6.20 Å². The zero-order valence-electron chi connectivity index (χ0n) is 13.4. The van der Waals surface area contributed by atoms with E-state index in [1.807, 2.05) is 13.8 Å². The Hall–Kier alpha value is -0.830. The number of unbranched alkanes of at least 4 members (excludes halogenated alkanes) is 1. The van der Waals surface area contributed by atoms with E-state index in [0.29, 0.717) is 10.7 Å². The molecular weight excluding hydrogens is 284 g/mol. The van der Waals surface area contributed by atoms with Crippen LogP contribution in [-0.2, 0) is 0 Å². The minimum absolute atomic E-state index is 0.134. The van der Waals surface area contributed by atoms with Crippen LogP contribution < -0.4 is 0 Å². The zero-order valence-corrected chi connectivity index (χ0v) is 14.2. The van der Waals surface area contributed by atoms with Gasteiger partial charge in [0.1, 0.15) is 5.69 Å². The Morgan fingerprint density at radius 3 is 2.62 bits per heavy atom. The summed E-state index contributed by atoms with van der Waals surface area (Å²) in [5.74, 6) is 1.15. The molecule has 0 atom stereocenters. The van der Waals surface area contributed by atoms with Gasteiger partial charge in [0.25, 0.3) is 0 Å². The molecule has 1 saturated carbocycles. The molecular formula is C17H27ClN2O. The van der Waals surface area contributed by atoms with Crippen molar-refractivity contribution in [3.63, 3.8) is 0 Å². The van der Waals surface area contributed by atoms with Gasteiger partial charge in [0.05, 0.1) is 11.2 Å². The zero-order chi connectivity index (χ0) is 15.4. The third kappa shape index (κ3) is 3.88. The Labute approximate surface area is 133 Å². The van der Waals surface area contributed by atoms with E-state index in [1.165, 1.54) is 32.1 Å².